The molecule has 0 aliphatic rings. The monoisotopic (exact) mass is 180 g/mol. The second-order valence-corrected chi connectivity index (χ2v) is 2.78. The number of aromatic nitrogens is 2. The normalized spacial score (nSPS) is 10.4. The van der Waals surface area contributed by atoms with Crippen LogP contribution < -0.4 is 0 Å². The SMILES string of the molecule is O=Cc1c(Cl)cnc2[nH]ccc12. The van der Waals surface area contributed by atoms with E-state index in [1.54, 1.807) is 12.3 Å². The van der Waals surface area contributed by atoms with Crippen LogP contribution in [-0.4, -0.2) is 16.3 Å². The van der Waals surface area contributed by atoms with E-state index in [2.05, 4.69) is 9.97 Å². The highest BCUT2D eigenvalue weighted by atomic mass is 35.5. The molecule has 1 N–H and O–H groups in total. The van der Waals surface area contributed by atoms with Crippen molar-refractivity contribution in [3.63, 3.8) is 0 Å². The van der Waals surface area contributed by atoms with Crippen LogP contribution in [0.5, 0.6) is 0 Å². The van der Waals surface area contributed by atoms with Crippen LogP contribution in [0, 0.1) is 0 Å². The van der Waals surface area contributed by atoms with Crippen molar-refractivity contribution in [3.05, 3.63) is 29.0 Å². The van der Waals surface area contributed by atoms with Crippen LogP contribution in [0.1, 0.15) is 10.4 Å². The number of fused-ring (bicyclic) bond motifs is 1. The van der Waals surface area contributed by atoms with Crippen molar-refractivity contribution in [1.82, 2.24) is 9.97 Å². The number of carbonyl (C=O) groups excluding carboxylic acids is 1. The topological polar surface area (TPSA) is 45.8 Å². The third kappa shape index (κ3) is 0.905. The molecule has 0 fully saturated rings. The van der Waals surface area contributed by atoms with E-state index in [0.717, 1.165) is 11.7 Å². The standard InChI is InChI=1S/C8H5ClN2O/c9-7-3-11-8-5(1-2-10-8)6(7)4-12/h1-4H,(H,10,11). The molecule has 2 aromatic heterocycles. The fraction of sp³-hybridized carbons (Fsp3) is 0. The molecular formula is C8H5ClN2O. The van der Waals surface area contributed by atoms with Gasteiger partial charge in [0.05, 0.1) is 5.02 Å². The minimum Gasteiger partial charge on any atom is -0.346 e. The third-order valence-electron chi connectivity index (χ3n) is 1.70. The first kappa shape index (κ1) is 7.31. The van der Waals surface area contributed by atoms with Gasteiger partial charge in [-0.05, 0) is 6.07 Å². The van der Waals surface area contributed by atoms with Crippen molar-refractivity contribution in [1.29, 1.82) is 0 Å². The maximum Gasteiger partial charge on any atom is 0.152 e. The molecule has 0 radical (unpaired) electrons. The summed E-state index contributed by atoms with van der Waals surface area (Å²) in [5, 5.41) is 1.15. The summed E-state index contributed by atoms with van der Waals surface area (Å²) >= 11 is 5.75. The maximum atomic E-state index is 10.6. The Kier molecular flexibility index (Phi) is 1.59. The number of nitrogens with one attached hydrogen (secondary N) is 1. The number of hydrogen-bond donors (Lipinski definition) is 1. The highest BCUT2D eigenvalue weighted by molar-refractivity contribution is 6.34. The molecule has 60 valence electrons. The molecule has 0 saturated carbocycles. The van der Waals surface area contributed by atoms with E-state index >= 15 is 0 Å². The van der Waals surface area contributed by atoms with Crippen molar-refractivity contribution in [2.24, 2.45) is 0 Å². The Morgan fingerprint density at radius 1 is 1.58 bits per heavy atom. The minimum absolute atomic E-state index is 0.386. The summed E-state index contributed by atoms with van der Waals surface area (Å²) in [6.07, 6.45) is 3.92. The number of hydrogen-bond acceptors (Lipinski definition) is 2. The number of H-pyrrole nitrogens is 1. The summed E-state index contributed by atoms with van der Waals surface area (Å²) in [4.78, 5) is 17.5. The van der Waals surface area contributed by atoms with Gasteiger partial charge in [0, 0.05) is 23.3 Å². The van der Waals surface area contributed by atoms with E-state index in [9.17, 15) is 4.79 Å². The van der Waals surface area contributed by atoms with Gasteiger partial charge in [0.1, 0.15) is 5.65 Å². The average Bonchev–Trinajstić information content (AvgIpc) is 2.52. The smallest absolute Gasteiger partial charge is 0.152 e. The van der Waals surface area contributed by atoms with Crippen LogP contribution in [0.25, 0.3) is 11.0 Å². The summed E-state index contributed by atoms with van der Waals surface area (Å²) < 4.78 is 0. The van der Waals surface area contributed by atoms with Crippen LogP contribution in [-0.2, 0) is 0 Å². The molecule has 0 aliphatic carbocycles. The van der Waals surface area contributed by atoms with E-state index in [4.69, 9.17) is 11.6 Å². The Labute approximate surface area is 73.4 Å². The van der Waals surface area contributed by atoms with Gasteiger partial charge < -0.3 is 4.98 Å². The lowest BCUT2D eigenvalue weighted by atomic mass is 10.2. The van der Waals surface area contributed by atoms with Gasteiger partial charge in [0.15, 0.2) is 6.29 Å². The fourth-order valence-corrected chi connectivity index (χ4v) is 1.32. The molecule has 0 amide bonds. The molecule has 0 aromatic carbocycles. The molecule has 0 bridgehead atoms. The molecule has 4 heteroatoms. The lowest BCUT2D eigenvalue weighted by Crippen LogP contribution is -1.85. The zero-order chi connectivity index (χ0) is 8.55. The van der Waals surface area contributed by atoms with Gasteiger partial charge in [0.2, 0.25) is 0 Å². The fourth-order valence-electron chi connectivity index (χ4n) is 1.12. The number of aldehydes is 1. The second-order valence-electron chi connectivity index (χ2n) is 2.38. The van der Waals surface area contributed by atoms with E-state index in [1.807, 2.05) is 0 Å². The first-order valence-corrected chi connectivity index (χ1v) is 3.77. The van der Waals surface area contributed by atoms with E-state index in [-0.39, 0.29) is 0 Å². The first-order chi connectivity index (χ1) is 5.83. The Bertz CT molecular complexity index is 436. The van der Waals surface area contributed by atoms with Crippen LogP contribution in [0.15, 0.2) is 18.5 Å². The van der Waals surface area contributed by atoms with Crippen molar-refractivity contribution in [3.8, 4) is 0 Å². The quantitative estimate of drug-likeness (QED) is 0.683. The van der Waals surface area contributed by atoms with Gasteiger partial charge in [-0.1, -0.05) is 11.6 Å². The van der Waals surface area contributed by atoms with Gasteiger partial charge in [-0.3, -0.25) is 4.79 Å². The largest absolute Gasteiger partial charge is 0.346 e. The van der Waals surface area contributed by atoms with E-state index in [0.29, 0.717) is 16.2 Å². The Balaban J connectivity index is 2.91. The van der Waals surface area contributed by atoms with Gasteiger partial charge in [-0.2, -0.15) is 0 Å². The van der Waals surface area contributed by atoms with Crippen LogP contribution in [0.2, 0.25) is 5.02 Å². The number of halogens is 1. The van der Waals surface area contributed by atoms with Crippen molar-refractivity contribution in [2.45, 2.75) is 0 Å². The molecule has 3 nitrogen and oxygen atoms in total. The lowest BCUT2D eigenvalue weighted by molar-refractivity contribution is 0.112. The highest BCUT2D eigenvalue weighted by Crippen LogP contribution is 2.21. The summed E-state index contributed by atoms with van der Waals surface area (Å²) in [5.74, 6) is 0. The van der Waals surface area contributed by atoms with Crippen LogP contribution >= 0.6 is 11.6 Å². The first-order valence-electron chi connectivity index (χ1n) is 3.39. The maximum absolute atomic E-state index is 10.6. The zero-order valence-corrected chi connectivity index (χ0v) is 6.80. The summed E-state index contributed by atoms with van der Waals surface area (Å²) in [7, 11) is 0. The second kappa shape index (κ2) is 2.60. The lowest BCUT2D eigenvalue weighted by Gasteiger charge is -1.95. The van der Waals surface area contributed by atoms with Crippen LogP contribution in [0.3, 0.4) is 0 Å². The van der Waals surface area contributed by atoms with Gasteiger partial charge in [-0.25, -0.2) is 4.98 Å². The molecule has 0 unspecified atom stereocenters. The highest BCUT2D eigenvalue weighted by Gasteiger charge is 2.05. The van der Waals surface area contributed by atoms with Gasteiger partial charge in [-0.15, -0.1) is 0 Å². The van der Waals surface area contributed by atoms with Crippen molar-refractivity contribution in [2.75, 3.05) is 0 Å². The van der Waals surface area contributed by atoms with Gasteiger partial charge >= 0.3 is 0 Å². The van der Waals surface area contributed by atoms with Crippen LogP contribution in [0.4, 0.5) is 0 Å². The molecule has 12 heavy (non-hydrogen) atoms. The van der Waals surface area contributed by atoms with Crippen molar-refractivity contribution >= 4 is 28.9 Å². The molecule has 2 aromatic rings. The molecule has 0 aliphatic heterocycles. The number of aromatic amines is 1. The minimum atomic E-state index is 0.386. The summed E-state index contributed by atoms with van der Waals surface area (Å²) in [6.45, 7) is 0. The summed E-state index contributed by atoms with van der Waals surface area (Å²) in [6, 6.07) is 1.78. The molecule has 0 spiro atoms. The number of nitrogens with zero attached hydrogens (tertiary/aromatic N) is 1. The molecule has 0 atom stereocenters. The Morgan fingerprint density at radius 2 is 2.42 bits per heavy atom. The Morgan fingerprint density at radius 3 is 3.17 bits per heavy atom. The summed E-state index contributed by atoms with van der Waals surface area (Å²) in [5.41, 5.74) is 1.17. The van der Waals surface area contributed by atoms with Crippen molar-refractivity contribution < 1.29 is 4.79 Å². The predicted octanol–water partition coefficient (Wildman–Crippen LogP) is 2.03. The molecule has 2 heterocycles. The van der Waals surface area contributed by atoms with E-state index in [1.165, 1.54) is 6.20 Å². The number of pyridine rings is 1. The average molecular weight is 181 g/mol. The number of carbonyl (C=O) groups is 1. The molecular weight excluding hydrogens is 176 g/mol. The zero-order valence-electron chi connectivity index (χ0n) is 6.04. The third-order valence-corrected chi connectivity index (χ3v) is 2.00. The van der Waals surface area contributed by atoms with E-state index < -0.39 is 0 Å². The predicted molar refractivity (Wildman–Crippen MR) is 46.5 cm³/mol. The molecule has 2 rings (SSSR count). The molecule has 0 saturated heterocycles. The number of rotatable bonds is 1. The Hall–Kier alpha value is -1.35. The van der Waals surface area contributed by atoms with Gasteiger partial charge in [0.25, 0.3) is 0 Å².